The third-order valence-corrected chi connectivity index (χ3v) is 3.49. The molecular formula is C14H20FNO. The zero-order valence-electron chi connectivity index (χ0n) is 10.5. The minimum absolute atomic E-state index is 0.296. The van der Waals surface area contributed by atoms with Crippen LogP contribution < -0.4 is 10.1 Å². The van der Waals surface area contributed by atoms with Crippen molar-refractivity contribution >= 4 is 0 Å². The lowest BCUT2D eigenvalue weighted by molar-refractivity contribution is 0.384. The average Bonchev–Trinajstić information content (AvgIpc) is 3.15. The van der Waals surface area contributed by atoms with E-state index in [2.05, 4.69) is 5.32 Å². The number of hydrogen-bond acceptors (Lipinski definition) is 2. The summed E-state index contributed by atoms with van der Waals surface area (Å²) in [6, 6.07) is 5.41. The van der Waals surface area contributed by atoms with Gasteiger partial charge in [-0.3, -0.25) is 0 Å². The van der Waals surface area contributed by atoms with Crippen LogP contribution in [-0.4, -0.2) is 14.2 Å². The molecule has 2 rings (SSSR count). The number of benzene rings is 1. The van der Waals surface area contributed by atoms with E-state index in [1.54, 1.807) is 6.07 Å². The molecule has 1 aromatic rings. The van der Waals surface area contributed by atoms with E-state index in [0.29, 0.717) is 11.8 Å². The molecule has 1 saturated carbocycles. The van der Waals surface area contributed by atoms with Crippen molar-refractivity contribution in [1.82, 2.24) is 5.32 Å². The number of ether oxygens (including phenoxy) is 1. The summed E-state index contributed by atoms with van der Waals surface area (Å²) >= 11 is 0. The van der Waals surface area contributed by atoms with Gasteiger partial charge in [-0.2, -0.15) is 0 Å². The molecule has 1 aromatic carbocycles. The van der Waals surface area contributed by atoms with Gasteiger partial charge in [-0.15, -0.1) is 0 Å². The molecule has 0 amide bonds. The highest BCUT2D eigenvalue weighted by atomic mass is 19.1. The normalized spacial score (nSPS) is 16.9. The quantitative estimate of drug-likeness (QED) is 0.819. The number of rotatable bonds is 6. The van der Waals surface area contributed by atoms with Crippen molar-refractivity contribution in [1.29, 1.82) is 0 Å². The molecule has 3 heteroatoms. The molecule has 0 heterocycles. The summed E-state index contributed by atoms with van der Waals surface area (Å²) in [5.41, 5.74) is 1.10. The van der Waals surface area contributed by atoms with Crippen LogP contribution in [0.3, 0.4) is 0 Å². The summed E-state index contributed by atoms with van der Waals surface area (Å²) < 4.78 is 18.3. The van der Waals surface area contributed by atoms with Crippen LogP contribution >= 0.6 is 0 Å². The summed E-state index contributed by atoms with van der Waals surface area (Å²) in [6.07, 6.45) is 5.12. The summed E-state index contributed by atoms with van der Waals surface area (Å²) in [7, 11) is 3.45. The standard InChI is InChI=1S/C14H20FNO/c1-16-13(8-5-10-3-4-10)11-6-7-12(15)14(9-11)17-2/h6-7,9-10,13,16H,3-5,8H2,1-2H3. The second kappa shape index (κ2) is 5.50. The van der Waals surface area contributed by atoms with Crippen LogP contribution in [0, 0.1) is 11.7 Å². The average molecular weight is 237 g/mol. The van der Waals surface area contributed by atoms with E-state index < -0.39 is 0 Å². The Labute approximate surface area is 102 Å². The smallest absolute Gasteiger partial charge is 0.165 e. The largest absolute Gasteiger partial charge is 0.494 e. The lowest BCUT2D eigenvalue weighted by Gasteiger charge is -2.17. The molecule has 1 aliphatic rings. The Hall–Kier alpha value is -1.09. The Morgan fingerprint density at radius 3 is 2.82 bits per heavy atom. The molecule has 0 aromatic heterocycles. The molecule has 0 aliphatic heterocycles. The summed E-state index contributed by atoms with van der Waals surface area (Å²) in [4.78, 5) is 0. The SMILES string of the molecule is CNC(CCC1CC1)c1ccc(F)c(OC)c1. The van der Waals surface area contributed by atoms with Gasteiger partial charge in [0.05, 0.1) is 7.11 Å². The second-order valence-electron chi connectivity index (χ2n) is 4.76. The van der Waals surface area contributed by atoms with Gasteiger partial charge in [0, 0.05) is 6.04 Å². The Balaban J connectivity index is 2.05. The molecule has 0 radical (unpaired) electrons. The molecule has 1 atom stereocenters. The minimum Gasteiger partial charge on any atom is -0.494 e. The molecule has 1 unspecified atom stereocenters. The number of hydrogen-bond donors (Lipinski definition) is 1. The third-order valence-electron chi connectivity index (χ3n) is 3.49. The van der Waals surface area contributed by atoms with Crippen LogP contribution in [0.1, 0.15) is 37.3 Å². The van der Waals surface area contributed by atoms with Gasteiger partial charge < -0.3 is 10.1 Å². The van der Waals surface area contributed by atoms with Crippen molar-refractivity contribution in [3.63, 3.8) is 0 Å². The zero-order valence-corrected chi connectivity index (χ0v) is 10.5. The highest BCUT2D eigenvalue weighted by molar-refractivity contribution is 5.32. The maximum Gasteiger partial charge on any atom is 0.165 e. The summed E-state index contributed by atoms with van der Waals surface area (Å²) in [5, 5.41) is 3.29. The van der Waals surface area contributed by atoms with Crippen LogP contribution in [0.5, 0.6) is 5.75 Å². The first-order valence-corrected chi connectivity index (χ1v) is 6.25. The van der Waals surface area contributed by atoms with Crippen LogP contribution in [0.25, 0.3) is 0 Å². The van der Waals surface area contributed by atoms with Gasteiger partial charge in [-0.1, -0.05) is 18.9 Å². The molecular weight excluding hydrogens is 217 g/mol. The van der Waals surface area contributed by atoms with Crippen LogP contribution in [0.4, 0.5) is 4.39 Å². The molecule has 2 nitrogen and oxygen atoms in total. The van der Waals surface area contributed by atoms with E-state index in [9.17, 15) is 4.39 Å². The van der Waals surface area contributed by atoms with Gasteiger partial charge in [-0.25, -0.2) is 4.39 Å². The second-order valence-corrected chi connectivity index (χ2v) is 4.76. The van der Waals surface area contributed by atoms with Crippen molar-refractivity contribution in [2.45, 2.75) is 31.7 Å². The van der Waals surface area contributed by atoms with Crippen LogP contribution in [0.15, 0.2) is 18.2 Å². The van der Waals surface area contributed by atoms with Gasteiger partial charge in [0.25, 0.3) is 0 Å². The van der Waals surface area contributed by atoms with Crippen LogP contribution in [0.2, 0.25) is 0 Å². The monoisotopic (exact) mass is 237 g/mol. The van der Waals surface area contributed by atoms with Crippen molar-refractivity contribution in [3.8, 4) is 5.75 Å². The van der Waals surface area contributed by atoms with E-state index in [0.717, 1.165) is 17.9 Å². The minimum atomic E-state index is -0.298. The maximum atomic E-state index is 13.3. The molecule has 0 spiro atoms. The molecule has 0 bridgehead atoms. The maximum absolute atomic E-state index is 13.3. The molecule has 94 valence electrons. The van der Waals surface area contributed by atoms with Crippen molar-refractivity contribution in [3.05, 3.63) is 29.6 Å². The molecule has 1 aliphatic carbocycles. The molecule has 1 N–H and O–H groups in total. The van der Waals surface area contributed by atoms with Gasteiger partial charge in [0.1, 0.15) is 0 Å². The van der Waals surface area contributed by atoms with E-state index in [4.69, 9.17) is 4.74 Å². The highest BCUT2D eigenvalue weighted by Crippen LogP contribution is 2.36. The number of methoxy groups -OCH3 is 1. The Morgan fingerprint density at radius 2 is 2.24 bits per heavy atom. The van der Waals surface area contributed by atoms with E-state index in [-0.39, 0.29) is 5.82 Å². The highest BCUT2D eigenvalue weighted by Gasteiger charge is 2.22. The lowest BCUT2D eigenvalue weighted by atomic mass is 10.0. The van der Waals surface area contributed by atoms with E-state index in [1.165, 1.54) is 32.4 Å². The fourth-order valence-electron chi connectivity index (χ4n) is 2.18. The zero-order chi connectivity index (χ0) is 12.3. The molecule has 0 saturated heterocycles. The molecule has 1 fully saturated rings. The first-order chi connectivity index (χ1) is 8.24. The number of halogens is 1. The first-order valence-electron chi connectivity index (χ1n) is 6.25. The predicted octanol–water partition coefficient (Wildman–Crippen LogP) is 3.29. The summed E-state index contributed by atoms with van der Waals surface area (Å²) in [6.45, 7) is 0. The fourth-order valence-corrected chi connectivity index (χ4v) is 2.18. The van der Waals surface area contributed by atoms with Gasteiger partial charge in [0.2, 0.25) is 0 Å². The van der Waals surface area contributed by atoms with Gasteiger partial charge in [-0.05, 0) is 43.5 Å². The lowest BCUT2D eigenvalue weighted by Crippen LogP contribution is -2.16. The third kappa shape index (κ3) is 3.19. The van der Waals surface area contributed by atoms with Gasteiger partial charge in [0.15, 0.2) is 11.6 Å². The van der Waals surface area contributed by atoms with Crippen molar-refractivity contribution in [2.24, 2.45) is 5.92 Å². The Kier molecular flexibility index (Phi) is 4.00. The van der Waals surface area contributed by atoms with Crippen LogP contribution in [-0.2, 0) is 0 Å². The van der Waals surface area contributed by atoms with E-state index in [1.807, 2.05) is 13.1 Å². The van der Waals surface area contributed by atoms with Crippen molar-refractivity contribution in [2.75, 3.05) is 14.2 Å². The Bertz CT molecular complexity index is 376. The summed E-state index contributed by atoms with van der Waals surface area (Å²) in [5.74, 6) is 0.954. The molecule has 17 heavy (non-hydrogen) atoms. The van der Waals surface area contributed by atoms with Gasteiger partial charge >= 0.3 is 0 Å². The first kappa shape index (κ1) is 12.4. The van der Waals surface area contributed by atoms with E-state index >= 15 is 0 Å². The number of nitrogens with one attached hydrogen (secondary N) is 1. The van der Waals surface area contributed by atoms with Crippen molar-refractivity contribution < 1.29 is 9.13 Å². The predicted molar refractivity (Wildman–Crippen MR) is 66.7 cm³/mol. The Morgan fingerprint density at radius 1 is 1.47 bits per heavy atom. The fraction of sp³-hybridized carbons (Fsp3) is 0.571. The topological polar surface area (TPSA) is 21.3 Å².